The Balaban J connectivity index is 2.37. The van der Waals surface area contributed by atoms with E-state index < -0.39 is 8.07 Å². The highest BCUT2D eigenvalue weighted by molar-refractivity contribution is 7.31. The summed E-state index contributed by atoms with van der Waals surface area (Å²) >= 11 is 3.73. The fourth-order valence-electron chi connectivity index (χ4n) is 1.34. The maximum atomic E-state index is 3.95. The van der Waals surface area contributed by atoms with Gasteiger partial charge in [-0.2, -0.15) is 0 Å². The van der Waals surface area contributed by atoms with Crippen molar-refractivity contribution in [3.05, 3.63) is 41.9 Å². The minimum absolute atomic E-state index is 1.36. The lowest BCUT2D eigenvalue weighted by Crippen LogP contribution is -2.36. The zero-order chi connectivity index (χ0) is 10.9. The minimum Gasteiger partial charge on any atom is -0.144 e. The molecule has 0 saturated heterocycles. The fourth-order valence-corrected chi connectivity index (χ4v) is 5.27. The Hall–Kier alpha value is -0.643. The van der Waals surface area contributed by atoms with Crippen molar-refractivity contribution in [1.82, 2.24) is 0 Å². The topological polar surface area (TPSA) is 0 Å². The molecule has 0 aromatic carbocycles. The Morgan fingerprint density at radius 3 is 2.60 bits per heavy atom. The highest BCUT2D eigenvalue weighted by atomic mass is 32.1. The summed E-state index contributed by atoms with van der Waals surface area (Å²) in [6, 6.07) is 8.80. The Morgan fingerprint density at radius 2 is 2.00 bits per heavy atom. The van der Waals surface area contributed by atoms with E-state index in [1.165, 1.54) is 14.3 Å². The first-order valence-corrected chi connectivity index (χ1v) is 9.68. The lowest BCUT2D eigenvalue weighted by atomic mass is 10.4. The van der Waals surface area contributed by atoms with Crippen molar-refractivity contribution in [3.63, 3.8) is 0 Å². The van der Waals surface area contributed by atoms with Crippen LogP contribution in [0.15, 0.2) is 41.9 Å². The third-order valence-corrected chi connectivity index (χ3v) is 8.82. The molecule has 3 heteroatoms. The first-order valence-electron chi connectivity index (χ1n) is 4.91. The number of thiophene rings is 2. The number of rotatable bonds is 3. The van der Waals surface area contributed by atoms with E-state index in [0.29, 0.717) is 0 Å². The van der Waals surface area contributed by atoms with Crippen molar-refractivity contribution >= 4 is 35.2 Å². The summed E-state index contributed by atoms with van der Waals surface area (Å²) in [5, 5.41) is 2.13. The molecule has 0 aliphatic rings. The minimum atomic E-state index is -1.36. The molecule has 0 bridgehead atoms. The monoisotopic (exact) mass is 250 g/mol. The van der Waals surface area contributed by atoms with E-state index in [4.69, 9.17) is 0 Å². The van der Waals surface area contributed by atoms with Gasteiger partial charge in [0.25, 0.3) is 0 Å². The molecule has 15 heavy (non-hydrogen) atoms. The van der Waals surface area contributed by atoms with Gasteiger partial charge in [-0.3, -0.25) is 0 Å². The molecule has 0 aliphatic carbocycles. The summed E-state index contributed by atoms with van der Waals surface area (Å²) in [6.07, 6.45) is 0. The first kappa shape index (κ1) is 10.9. The van der Waals surface area contributed by atoms with Crippen molar-refractivity contribution in [3.8, 4) is 9.75 Å². The standard InChI is InChI=1S/C12H14S2Si/c1-4-15(2,3)12-8-7-11(14-12)10-6-5-9-13-10/h4-9H,1H2,2-3H3. The molecule has 2 aromatic heterocycles. The van der Waals surface area contributed by atoms with Crippen molar-refractivity contribution in [2.75, 3.05) is 0 Å². The van der Waals surface area contributed by atoms with Gasteiger partial charge in [-0.1, -0.05) is 30.9 Å². The van der Waals surface area contributed by atoms with Crippen LogP contribution in [0.2, 0.25) is 13.1 Å². The van der Waals surface area contributed by atoms with Crippen molar-refractivity contribution in [2.24, 2.45) is 0 Å². The highest BCUT2D eigenvalue weighted by Gasteiger charge is 2.21. The summed E-state index contributed by atoms with van der Waals surface area (Å²) in [5.74, 6) is 0. The van der Waals surface area contributed by atoms with Crippen molar-refractivity contribution < 1.29 is 0 Å². The first-order chi connectivity index (χ1) is 7.13. The molecule has 0 spiro atoms. The van der Waals surface area contributed by atoms with E-state index >= 15 is 0 Å². The molecule has 0 saturated carbocycles. The fraction of sp³-hybridized carbons (Fsp3) is 0.167. The maximum Gasteiger partial charge on any atom is 0.116 e. The summed E-state index contributed by atoms with van der Waals surface area (Å²) in [4.78, 5) is 2.77. The predicted molar refractivity (Wildman–Crippen MR) is 74.9 cm³/mol. The van der Waals surface area contributed by atoms with E-state index in [2.05, 4.69) is 55.0 Å². The van der Waals surface area contributed by atoms with Gasteiger partial charge in [0, 0.05) is 9.75 Å². The smallest absolute Gasteiger partial charge is 0.116 e. The van der Waals surface area contributed by atoms with Crippen LogP contribution in [0.4, 0.5) is 0 Å². The van der Waals surface area contributed by atoms with E-state index in [0.717, 1.165) is 0 Å². The molecule has 0 N–H and O–H groups in total. The van der Waals surface area contributed by atoms with Gasteiger partial charge in [0.15, 0.2) is 0 Å². The zero-order valence-electron chi connectivity index (χ0n) is 8.99. The number of hydrogen-bond acceptors (Lipinski definition) is 2. The molecule has 0 fully saturated rings. The molecule has 78 valence electrons. The van der Waals surface area contributed by atoms with Crippen LogP contribution in [0.5, 0.6) is 0 Å². The molecule has 2 aromatic rings. The average molecular weight is 250 g/mol. The van der Waals surface area contributed by atoms with Crippen LogP contribution in [0, 0.1) is 0 Å². The lowest BCUT2D eigenvalue weighted by molar-refractivity contribution is 1.86. The van der Waals surface area contributed by atoms with Crippen LogP contribution in [0.1, 0.15) is 0 Å². The van der Waals surface area contributed by atoms with Crippen LogP contribution in [-0.4, -0.2) is 8.07 Å². The Morgan fingerprint density at radius 1 is 1.20 bits per heavy atom. The Kier molecular flexibility index (Phi) is 2.95. The second kappa shape index (κ2) is 4.08. The Labute approximate surface area is 99.9 Å². The second-order valence-electron chi connectivity index (χ2n) is 4.07. The summed E-state index contributed by atoms with van der Waals surface area (Å²) < 4.78 is 1.51. The van der Waals surface area contributed by atoms with E-state index in [1.54, 1.807) is 0 Å². The largest absolute Gasteiger partial charge is 0.144 e. The van der Waals surface area contributed by atoms with Gasteiger partial charge in [0.1, 0.15) is 8.07 Å². The van der Waals surface area contributed by atoms with E-state index in [1.807, 2.05) is 22.7 Å². The van der Waals surface area contributed by atoms with Gasteiger partial charge in [-0.25, -0.2) is 0 Å². The lowest BCUT2D eigenvalue weighted by Gasteiger charge is -2.13. The third-order valence-electron chi connectivity index (χ3n) is 2.52. The molecule has 0 radical (unpaired) electrons. The molecule has 0 nitrogen and oxygen atoms in total. The molecule has 0 unspecified atom stereocenters. The van der Waals surface area contributed by atoms with Crippen molar-refractivity contribution in [1.29, 1.82) is 0 Å². The van der Waals surface area contributed by atoms with Gasteiger partial charge < -0.3 is 0 Å². The molecular formula is C12H14S2Si. The molecule has 0 amide bonds. The van der Waals surface area contributed by atoms with Gasteiger partial charge in [-0.05, 0) is 22.0 Å². The molecule has 0 aliphatic heterocycles. The normalized spacial score (nSPS) is 11.6. The van der Waals surface area contributed by atoms with Crippen LogP contribution >= 0.6 is 22.7 Å². The van der Waals surface area contributed by atoms with Crippen LogP contribution in [0.3, 0.4) is 0 Å². The number of hydrogen-bond donors (Lipinski definition) is 0. The molecule has 0 atom stereocenters. The maximum absolute atomic E-state index is 3.95. The Bertz CT molecular complexity index is 452. The SMILES string of the molecule is C=C[Si](C)(C)c1ccc(-c2cccs2)s1. The van der Waals surface area contributed by atoms with Crippen LogP contribution in [0.25, 0.3) is 9.75 Å². The van der Waals surface area contributed by atoms with Crippen molar-refractivity contribution in [2.45, 2.75) is 13.1 Å². The second-order valence-corrected chi connectivity index (χ2v) is 10.9. The zero-order valence-corrected chi connectivity index (χ0v) is 11.6. The highest BCUT2D eigenvalue weighted by Crippen LogP contribution is 2.29. The van der Waals surface area contributed by atoms with Gasteiger partial charge in [0.2, 0.25) is 0 Å². The van der Waals surface area contributed by atoms with Gasteiger partial charge >= 0.3 is 0 Å². The summed E-state index contributed by atoms with van der Waals surface area (Å²) in [7, 11) is -1.36. The van der Waals surface area contributed by atoms with Gasteiger partial charge in [-0.15, -0.1) is 29.3 Å². The van der Waals surface area contributed by atoms with Crippen LogP contribution in [-0.2, 0) is 0 Å². The van der Waals surface area contributed by atoms with Gasteiger partial charge in [0.05, 0.1) is 0 Å². The van der Waals surface area contributed by atoms with Crippen LogP contribution < -0.4 is 4.50 Å². The molecule has 2 rings (SSSR count). The third kappa shape index (κ3) is 2.14. The molecular weight excluding hydrogens is 236 g/mol. The van der Waals surface area contributed by atoms with E-state index in [9.17, 15) is 0 Å². The summed E-state index contributed by atoms with van der Waals surface area (Å²) in [6.45, 7) is 8.63. The van der Waals surface area contributed by atoms with E-state index in [-0.39, 0.29) is 0 Å². The predicted octanol–water partition coefficient (Wildman–Crippen LogP) is 4.12. The summed E-state index contributed by atoms with van der Waals surface area (Å²) in [5.41, 5.74) is 2.15. The average Bonchev–Trinajstić information content (AvgIpc) is 2.88. The quantitative estimate of drug-likeness (QED) is 0.719. The molecule has 2 heterocycles.